The first-order valence-corrected chi connectivity index (χ1v) is 8.79. The van der Waals surface area contributed by atoms with E-state index in [2.05, 4.69) is 10.3 Å². The van der Waals surface area contributed by atoms with Gasteiger partial charge in [0.15, 0.2) is 0 Å². The van der Waals surface area contributed by atoms with Crippen molar-refractivity contribution in [1.82, 2.24) is 15.2 Å². The lowest BCUT2D eigenvalue weighted by molar-refractivity contribution is 0.0642. The summed E-state index contributed by atoms with van der Waals surface area (Å²) in [6.45, 7) is 2.45. The first-order valence-electron chi connectivity index (χ1n) is 8.42. The van der Waals surface area contributed by atoms with Gasteiger partial charge in [-0.2, -0.15) is 0 Å². The molecule has 1 saturated heterocycles. The summed E-state index contributed by atoms with van der Waals surface area (Å²) < 4.78 is 0. The van der Waals surface area contributed by atoms with Crippen molar-refractivity contribution >= 4 is 29.9 Å². The number of nitrogens with one attached hydrogen (secondary N) is 1. The topological polar surface area (TPSA) is 45.2 Å². The monoisotopic (exact) mass is 379 g/mol. The van der Waals surface area contributed by atoms with E-state index < -0.39 is 0 Å². The second-order valence-corrected chi connectivity index (χ2v) is 6.48. The molecular formula is C19H23Cl2N3O. The molecule has 25 heavy (non-hydrogen) atoms. The molecule has 1 N–H and O–H groups in total. The Kier molecular flexibility index (Phi) is 7.69. The number of aromatic nitrogens is 1. The highest BCUT2D eigenvalue weighted by Crippen LogP contribution is 2.23. The third-order valence-electron chi connectivity index (χ3n) is 4.41. The molecule has 0 aliphatic carbocycles. The van der Waals surface area contributed by atoms with Crippen molar-refractivity contribution in [2.45, 2.75) is 31.8 Å². The number of hydrogen-bond donors (Lipinski definition) is 1. The zero-order valence-electron chi connectivity index (χ0n) is 14.0. The van der Waals surface area contributed by atoms with E-state index in [-0.39, 0.29) is 24.4 Å². The van der Waals surface area contributed by atoms with Crippen LogP contribution in [0.4, 0.5) is 0 Å². The highest BCUT2D eigenvalue weighted by Gasteiger charge is 2.27. The average Bonchev–Trinajstić information content (AvgIpc) is 2.90. The van der Waals surface area contributed by atoms with Crippen LogP contribution in [-0.4, -0.2) is 34.9 Å². The minimum absolute atomic E-state index is 0. The number of carbonyl (C=O) groups is 1. The van der Waals surface area contributed by atoms with E-state index in [1.807, 2.05) is 35.2 Å². The first kappa shape index (κ1) is 19.7. The maximum atomic E-state index is 13.2. The Balaban J connectivity index is 0.00000225. The highest BCUT2D eigenvalue weighted by atomic mass is 35.5. The molecule has 0 bridgehead atoms. The molecule has 0 spiro atoms. The number of nitrogens with zero attached hydrogens (tertiary/aromatic N) is 2. The van der Waals surface area contributed by atoms with Crippen LogP contribution in [0.2, 0.25) is 5.02 Å². The second-order valence-electron chi connectivity index (χ2n) is 6.07. The van der Waals surface area contributed by atoms with Crippen molar-refractivity contribution in [3.05, 3.63) is 64.9 Å². The predicted octanol–water partition coefficient (Wildman–Crippen LogP) is 3.94. The van der Waals surface area contributed by atoms with E-state index in [4.69, 9.17) is 11.6 Å². The van der Waals surface area contributed by atoms with Crippen molar-refractivity contribution in [2.75, 3.05) is 13.1 Å². The summed E-state index contributed by atoms with van der Waals surface area (Å²) in [5.41, 5.74) is 1.46. The molecule has 1 aromatic carbocycles. The van der Waals surface area contributed by atoms with Crippen LogP contribution >= 0.6 is 24.0 Å². The predicted molar refractivity (Wildman–Crippen MR) is 103 cm³/mol. The van der Waals surface area contributed by atoms with Crippen LogP contribution in [0.5, 0.6) is 0 Å². The Hall–Kier alpha value is -1.62. The van der Waals surface area contributed by atoms with Crippen LogP contribution < -0.4 is 5.32 Å². The van der Waals surface area contributed by atoms with Crippen LogP contribution in [0.3, 0.4) is 0 Å². The lowest BCUT2D eigenvalue weighted by Gasteiger charge is -2.31. The van der Waals surface area contributed by atoms with E-state index in [0.717, 1.165) is 38.0 Å². The van der Waals surface area contributed by atoms with Crippen molar-refractivity contribution in [2.24, 2.45) is 0 Å². The first-order chi connectivity index (χ1) is 11.8. The largest absolute Gasteiger partial charge is 0.330 e. The molecule has 1 unspecified atom stereocenters. The minimum atomic E-state index is -0.0156. The van der Waals surface area contributed by atoms with E-state index in [1.165, 1.54) is 0 Å². The summed E-state index contributed by atoms with van der Waals surface area (Å²) in [5, 5.41) is 3.91. The number of halogens is 2. The van der Waals surface area contributed by atoms with Gasteiger partial charge in [0, 0.05) is 12.2 Å². The number of rotatable bonds is 4. The van der Waals surface area contributed by atoms with Gasteiger partial charge < -0.3 is 10.2 Å². The molecule has 6 heteroatoms. The molecule has 1 amide bonds. The van der Waals surface area contributed by atoms with Gasteiger partial charge >= 0.3 is 0 Å². The molecule has 1 aromatic heterocycles. The minimum Gasteiger partial charge on any atom is -0.330 e. The van der Waals surface area contributed by atoms with Gasteiger partial charge in [0.25, 0.3) is 5.91 Å². The Morgan fingerprint density at radius 3 is 2.72 bits per heavy atom. The average molecular weight is 380 g/mol. The molecule has 1 atom stereocenters. The molecule has 0 saturated carbocycles. The summed E-state index contributed by atoms with van der Waals surface area (Å²) in [7, 11) is 0. The molecule has 1 fully saturated rings. The SMILES string of the molecule is Cl.O=C(c1ccccc1Cl)N(Cc1ccccn1)C1CCCNCC1. The fraction of sp³-hybridized carbons (Fsp3) is 0.368. The van der Waals surface area contributed by atoms with E-state index >= 15 is 0 Å². The molecule has 1 aliphatic rings. The Morgan fingerprint density at radius 1 is 1.16 bits per heavy atom. The molecule has 1 aliphatic heterocycles. The summed E-state index contributed by atoms with van der Waals surface area (Å²) in [6, 6.07) is 13.3. The summed E-state index contributed by atoms with van der Waals surface area (Å²) >= 11 is 6.26. The number of hydrogen-bond acceptors (Lipinski definition) is 3. The van der Waals surface area contributed by atoms with Crippen molar-refractivity contribution in [1.29, 1.82) is 0 Å². The third-order valence-corrected chi connectivity index (χ3v) is 4.74. The molecule has 4 nitrogen and oxygen atoms in total. The lowest BCUT2D eigenvalue weighted by atomic mass is 10.0. The molecule has 2 aromatic rings. The smallest absolute Gasteiger partial charge is 0.255 e. The molecule has 3 rings (SSSR count). The fourth-order valence-corrected chi connectivity index (χ4v) is 3.35. The van der Waals surface area contributed by atoms with Crippen LogP contribution in [0.15, 0.2) is 48.7 Å². The van der Waals surface area contributed by atoms with Gasteiger partial charge in [-0.3, -0.25) is 9.78 Å². The van der Waals surface area contributed by atoms with Crippen molar-refractivity contribution < 1.29 is 4.79 Å². The number of pyridine rings is 1. The normalized spacial score (nSPS) is 17.2. The summed E-state index contributed by atoms with van der Waals surface area (Å²) in [5.74, 6) is -0.0156. The van der Waals surface area contributed by atoms with Crippen LogP contribution in [0.25, 0.3) is 0 Å². The van der Waals surface area contributed by atoms with Gasteiger partial charge in [-0.25, -0.2) is 0 Å². The van der Waals surface area contributed by atoms with Gasteiger partial charge in [-0.15, -0.1) is 12.4 Å². The summed E-state index contributed by atoms with van der Waals surface area (Å²) in [6.07, 6.45) is 4.78. The number of benzene rings is 1. The second kappa shape index (κ2) is 9.76. The Morgan fingerprint density at radius 2 is 1.96 bits per heavy atom. The van der Waals surface area contributed by atoms with Crippen molar-refractivity contribution in [3.63, 3.8) is 0 Å². The molecular weight excluding hydrogens is 357 g/mol. The van der Waals surface area contributed by atoms with Gasteiger partial charge in [0.2, 0.25) is 0 Å². The number of amides is 1. The molecule has 2 heterocycles. The van der Waals surface area contributed by atoms with E-state index in [9.17, 15) is 4.79 Å². The standard InChI is InChI=1S/C19H22ClN3O.ClH/c20-18-9-2-1-8-17(18)19(24)23(14-15-6-3-4-12-22-15)16-7-5-11-21-13-10-16;/h1-4,6,8-9,12,16,21H,5,7,10-11,13-14H2;1H. The van der Waals surface area contributed by atoms with Crippen LogP contribution in [-0.2, 0) is 6.54 Å². The number of carbonyl (C=O) groups excluding carboxylic acids is 1. The van der Waals surface area contributed by atoms with Crippen molar-refractivity contribution in [3.8, 4) is 0 Å². The lowest BCUT2D eigenvalue weighted by Crippen LogP contribution is -2.40. The zero-order chi connectivity index (χ0) is 16.8. The maximum absolute atomic E-state index is 13.2. The summed E-state index contributed by atoms with van der Waals surface area (Å²) in [4.78, 5) is 19.5. The van der Waals surface area contributed by atoms with Crippen LogP contribution in [0.1, 0.15) is 35.3 Å². The zero-order valence-corrected chi connectivity index (χ0v) is 15.6. The Bertz CT molecular complexity index is 673. The van der Waals surface area contributed by atoms with Gasteiger partial charge in [-0.05, 0) is 56.6 Å². The quantitative estimate of drug-likeness (QED) is 0.874. The molecule has 0 radical (unpaired) electrons. The maximum Gasteiger partial charge on any atom is 0.255 e. The molecule has 134 valence electrons. The third kappa shape index (κ3) is 5.18. The van der Waals surface area contributed by atoms with Crippen LogP contribution in [0, 0.1) is 0 Å². The fourth-order valence-electron chi connectivity index (χ4n) is 3.13. The van der Waals surface area contributed by atoms with Gasteiger partial charge in [0.1, 0.15) is 0 Å². The van der Waals surface area contributed by atoms with Gasteiger partial charge in [0.05, 0.1) is 22.8 Å². The van der Waals surface area contributed by atoms with E-state index in [1.54, 1.807) is 18.3 Å². The highest BCUT2D eigenvalue weighted by molar-refractivity contribution is 6.33. The van der Waals surface area contributed by atoms with Gasteiger partial charge in [-0.1, -0.05) is 29.8 Å². The Labute approximate surface area is 160 Å². The van der Waals surface area contributed by atoms with E-state index in [0.29, 0.717) is 17.1 Å².